The molecule has 0 aliphatic carbocycles. The van der Waals surface area contributed by atoms with Crippen LogP contribution in [0, 0.1) is 0 Å². The highest BCUT2D eigenvalue weighted by Gasteiger charge is 2.14. The van der Waals surface area contributed by atoms with Crippen molar-refractivity contribution in [3.8, 4) is 11.5 Å². The highest BCUT2D eigenvalue weighted by Crippen LogP contribution is 2.29. The summed E-state index contributed by atoms with van der Waals surface area (Å²) in [5.74, 6) is -0.913. The van der Waals surface area contributed by atoms with Crippen LogP contribution in [0.2, 0.25) is 0 Å². The van der Waals surface area contributed by atoms with Crippen LogP contribution in [0.3, 0.4) is 0 Å². The normalized spacial score (nSPS) is 11.3. The van der Waals surface area contributed by atoms with Crippen molar-refractivity contribution >= 4 is 33.5 Å². The summed E-state index contributed by atoms with van der Waals surface area (Å²) in [6.07, 6.45) is 1.50. The fraction of sp³-hybridized carbons (Fsp3) is 0. The highest BCUT2D eigenvalue weighted by atomic mass is 79.9. The number of benzene rings is 2. The minimum atomic E-state index is -1.08. The second kappa shape index (κ2) is 5.79. The molecule has 2 aromatic rings. The maximum Gasteiger partial charge on any atom is 0.336 e. The number of rotatable bonds is 3. The van der Waals surface area contributed by atoms with Crippen molar-refractivity contribution in [1.82, 2.24) is 0 Å². The summed E-state index contributed by atoms with van der Waals surface area (Å²) in [5, 5.41) is 27.9. The van der Waals surface area contributed by atoms with Gasteiger partial charge in [-0.2, -0.15) is 0 Å². The Bertz CT molecular complexity index is 675. The summed E-state index contributed by atoms with van der Waals surface area (Å²) in [7, 11) is 0. The molecule has 0 atom stereocenters. The van der Waals surface area contributed by atoms with Gasteiger partial charge in [0, 0.05) is 10.0 Å². The second-order valence-electron chi connectivity index (χ2n) is 4.12. The summed E-state index contributed by atoms with van der Waals surface area (Å²) in [5.41, 5.74) is 1.20. The molecular formula is C15H11BrO4. The van der Waals surface area contributed by atoms with Crippen LogP contribution in [0.4, 0.5) is 0 Å². The number of carbonyl (C=O) groups is 1. The van der Waals surface area contributed by atoms with Crippen LogP contribution in [0.1, 0.15) is 11.1 Å². The monoisotopic (exact) mass is 334 g/mol. The topological polar surface area (TPSA) is 77.8 Å². The van der Waals surface area contributed by atoms with Crippen LogP contribution >= 0.6 is 15.9 Å². The molecule has 0 saturated carbocycles. The first-order chi connectivity index (χ1) is 9.47. The van der Waals surface area contributed by atoms with Gasteiger partial charge >= 0.3 is 5.97 Å². The number of aromatic hydroxyl groups is 2. The van der Waals surface area contributed by atoms with E-state index in [4.69, 9.17) is 0 Å². The average Bonchev–Trinajstić information content (AvgIpc) is 2.39. The fourth-order valence-corrected chi connectivity index (χ4v) is 2.29. The van der Waals surface area contributed by atoms with Crippen LogP contribution < -0.4 is 0 Å². The van der Waals surface area contributed by atoms with E-state index in [-0.39, 0.29) is 17.1 Å². The molecule has 5 heteroatoms. The average molecular weight is 335 g/mol. The molecule has 0 fully saturated rings. The largest absolute Gasteiger partial charge is 0.508 e. The van der Waals surface area contributed by atoms with Crippen molar-refractivity contribution in [3.05, 3.63) is 58.1 Å². The summed E-state index contributed by atoms with van der Waals surface area (Å²) in [6.45, 7) is 0. The zero-order chi connectivity index (χ0) is 14.7. The lowest BCUT2D eigenvalue weighted by atomic mass is 10.0. The van der Waals surface area contributed by atoms with E-state index in [2.05, 4.69) is 15.9 Å². The molecule has 2 aromatic carbocycles. The van der Waals surface area contributed by atoms with E-state index >= 15 is 0 Å². The Kier molecular flexibility index (Phi) is 4.10. The molecule has 0 aliphatic heterocycles. The van der Waals surface area contributed by atoms with Gasteiger partial charge in [-0.15, -0.1) is 0 Å². The zero-order valence-electron chi connectivity index (χ0n) is 10.2. The maximum absolute atomic E-state index is 11.4. The highest BCUT2D eigenvalue weighted by molar-refractivity contribution is 9.10. The quantitative estimate of drug-likeness (QED) is 0.593. The van der Waals surface area contributed by atoms with Crippen LogP contribution in [0.5, 0.6) is 11.5 Å². The standard InChI is InChI=1S/C15H11BrO4/c16-14-8-11(18)5-6-12(14)13(15(19)20)7-9-1-3-10(17)4-2-9/h1-8,17-18H,(H,19,20). The third-order valence-corrected chi connectivity index (χ3v) is 3.33. The molecule has 0 bridgehead atoms. The van der Waals surface area contributed by atoms with E-state index in [9.17, 15) is 20.1 Å². The van der Waals surface area contributed by atoms with Gasteiger partial charge in [0.25, 0.3) is 0 Å². The third kappa shape index (κ3) is 3.19. The number of phenols is 2. The van der Waals surface area contributed by atoms with Gasteiger partial charge in [-0.25, -0.2) is 4.79 Å². The van der Waals surface area contributed by atoms with E-state index in [0.29, 0.717) is 15.6 Å². The first-order valence-corrected chi connectivity index (χ1v) is 6.49. The SMILES string of the molecule is O=C(O)C(=Cc1ccc(O)cc1)c1ccc(O)cc1Br. The lowest BCUT2D eigenvalue weighted by Crippen LogP contribution is -2.00. The Labute approximate surface area is 123 Å². The van der Waals surface area contributed by atoms with Gasteiger partial charge in [0.05, 0.1) is 5.57 Å². The Morgan fingerprint density at radius 3 is 2.15 bits per heavy atom. The molecular weight excluding hydrogens is 324 g/mol. The molecule has 0 heterocycles. The van der Waals surface area contributed by atoms with Crippen molar-refractivity contribution in [2.24, 2.45) is 0 Å². The summed E-state index contributed by atoms with van der Waals surface area (Å²) >= 11 is 3.24. The molecule has 2 rings (SSSR count). The van der Waals surface area contributed by atoms with Gasteiger partial charge in [-0.05, 0) is 42.0 Å². The number of aliphatic carboxylic acids is 1. The summed E-state index contributed by atoms with van der Waals surface area (Å²) < 4.78 is 0.491. The minimum absolute atomic E-state index is 0.0509. The molecule has 0 radical (unpaired) electrons. The van der Waals surface area contributed by atoms with Gasteiger partial charge < -0.3 is 15.3 Å². The number of hydrogen-bond donors (Lipinski definition) is 3. The van der Waals surface area contributed by atoms with Gasteiger partial charge in [0.15, 0.2) is 0 Å². The predicted molar refractivity (Wildman–Crippen MR) is 79.4 cm³/mol. The Morgan fingerprint density at radius 1 is 1.00 bits per heavy atom. The number of halogens is 1. The van der Waals surface area contributed by atoms with Gasteiger partial charge in [-0.3, -0.25) is 0 Å². The smallest absolute Gasteiger partial charge is 0.336 e. The van der Waals surface area contributed by atoms with E-state index in [1.807, 2.05) is 0 Å². The zero-order valence-corrected chi connectivity index (χ0v) is 11.8. The molecule has 0 aromatic heterocycles. The second-order valence-corrected chi connectivity index (χ2v) is 4.97. The molecule has 0 aliphatic rings. The molecule has 20 heavy (non-hydrogen) atoms. The first-order valence-electron chi connectivity index (χ1n) is 5.70. The van der Waals surface area contributed by atoms with Crippen LogP contribution in [-0.4, -0.2) is 21.3 Å². The molecule has 102 valence electrons. The Morgan fingerprint density at radius 2 is 1.60 bits per heavy atom. The number of carboxylic acid groups (broad SMARTS) is 1. The van der Waals surface area contributed by atoms with Crippen LogP contribution in [0.25, 0.3) is 11.6 Å². The molecule has 0 saturated heterocycles. The molecule has 3 N–H and O–H groups in total. The van der Waals surface area contributed by atoms with E-state index in [1.165, 1.54) is 36.4 Å². The number of phenolic OH excluding ortho intramolecular Hbond substituents is 2. The minimum Gasteiger partial charge on any atom is -0.508 e. The van der Waals surface area contributed by atoms with Crippen LogP contribution in [0.15, 0.2) is 46.9 Å². The van der Waals surface area contributed by atoms with E-state index in [0.717, 1.165) is 0 Å². The Balaban J connectivity index is 2.51. The third-order valence-electron chi connectivity index (χ3n) is 2.68. The Hall–Kier alpha value is -2.27. The van der Waals surface area contributed by atoms with Crippen molar-refractivity contribution < 1.29 is 20.1 Å². The summed E-state index contributed by atoms with van der Waals surface area (Å²) in [6, 6.07) is 10.6. The van der Waals surface area contributed by atoms with E-state index < -0.39 is 5.97 Å². The van der Waals surface area contributed by atoms with Crippen molar-refractivity contribution in [2.75, 3.05) is 0 Å². The lowest BCUT2D eigenvalue weighted by molar-refractivity contribution is -0.130. The first kappa shape index (κ1) is 14.1. The van der Waals surface area contributed by atoms with Gasteiger partial charge in [0.2, 0.25) is 0 Å². The van der Waals surface area contributed by atoms with Crippen molar-refractivity contribution in [1.29, 1.82) is 0 Å². The molecule has 0 spiro atoms. The van der Waals surface area contributed by atoms with E-state index in [1.54, 1.807) is 12.1 Å². The fourth-order valence-electron chi connectivity index (χ4n) is 1.71. The van der Waals surface area contributed by atoms with Gasteiger partial charge in [0.1, 0.15) is 11.5 Å². The lowest BCUT2D eigenvalue weighted by Gasteiger charge is -2.06. The number of hydrogen-bond acceptors (Lipinski definition) is 3. The van der Waals surface area contributed by atoms with Crippen LogP contribution in [-0.2, 0) is 4.79 Å². The number of carboxylic acids is 1. The molecule has 0 amide bonds. The predicted octanol–water partition coefficient (Wildman–Crippen LogP) is 3.49. The molecule has 4 nitrogen and oxygen atoms in total. The van der Waals surface area contributed by atoms with Crippen molar-refractivity contribution in [2.45, 2.75) is 0 Å². The molecule has 0 unspecified atom stereocenters. The summed E-state index contributed by atoms with van der Waals surface area (Å²) in [4.78, 5) is 11.4. The maximum atomic E-state index is 11.4. The van der Waals surface area contributed by atoms with Gasteiger partial charge in [-0.1, -0.05) is 28.1 Å². The van der Waals surface area contributed by atoms with Crippen molar-refractivity contribution in [3.63, 3.8) is 0 Å².